The lowest BCUT2D eigenvalue weighted by Gasteiger charge is -2.27. The second-order valence-electron chi connectivity index (χ2n) is 6.54. The predicted octanol–water partition coefficient (Wildman–Crippen LogP) is 0.913. The number of hydrogen-bond donors (Lipinski definition) is 1. The fourth-order valence-corrected chi connectivity index (χ4v) is 2.92. The van der Waals surface area contributed by atoms with Crippen LogP contribution < -0.4 is 5.73 Å². The first-order valence-electron chi connectivity index (χ1n) is 8.89. The molecule has 8 heteroatoms. The lowest BCUT2D eigenvalue weighted by molar-refractivity contribution is -0.118. The maximum absolute atomic E-state index is 12.6. The first-order chi connectivity index (χ1) is 13.0. The van der Waals surface area contributed by atoms with Gasteiger partial charge in [-0.25, -0.2) is 0 Å². The van der Waals surface area contributed by atoms with Crippen LogP contribution in [0.15, 0.2) is 36.7 Å². The van der Waals surface area contributed by atoms with Crippen LogP contribution in [0.5, 0.6) is 0 Å². The molecule has 0 bridgehead atoms. The number of hydrogen-bond acceptors (Lipinski definition) is 5. The van der Waals surface area contributed by atoms with Crippen LogP contribution in [0.1, 0.15) is 16.8 Å². The van der Waals surface area contributed by atoms with Crippen molar-refractivity contribution in [1.29, 1.82) is 0 Å². The molecule has 2 amide bonds. The zero-order valence-corrected chi connectivity index (χ0v) is 15.3. The molecule has 2 aromatic rings. The summed E-state index contributed by atoms with van der Waals surface area (Å²) >= 11 is 0. The molecule has 3 rings (SSSR count). The number of ether oxygens (including phenoxy) is 2. The summed E-state index contributed by atoms with van der Waals surface area (Å²) < 4.78 is 12.6. The van der Waals surface area contributed by atoms with Crippen LogP contribution in [0, 0.1) is 0 Å². The largest absolute Gasteiger partial charge is 0.376 e. The Labute approximate surface area is 157 Å². The van der Waals surface area contributed by atoms with E-state index in [-0.39, 0.29) is 24.3 Å². The van der Waals surface area contributed by atoms with Crippen molar-refractivity contribution in [2.75, 3.05) is 33.4 Å². The minimum atomic E-state index is -0.357. The summed E-state index contributed by atoms with van der Waals surface area (Å²) in [5.41, 5.74) is 7.63. The van der Waals surface area contributed by atoms with E-state index >= 15 is 0 Å². The number of aryl methyl sites for hydroxylation is 1. The van der Waals surface area contributed by atoms with Gasteiger partial charge in [-0.2, -0.15) is 5.10 Å². The van der Waals surface area contributed by atoms with Gasteiger partial charge < -0.3 is 20.1 Å². The van der Waals surface area contributed by atoms with Gasteiger partial charge in [-0.1, -0.05) is 12.1 Å². The summed E-state index contributed by atoms with van der Waals surface area (Å²) in [6, 6.07) is 7.37. The van der Waals surface area contributed by atoms with Gasteiger partial charge in [0.25, 0.3) is 5.91 Å². The van der Waals surface area contributed by atoms with E-state index in [1.165, 1.54) is 0 Å². The van der Waals surface area contributed by atoms with Gasteiger partial charge in [0.1, 0.15) is 0 Å². The van der Waals surface area contributed by atoms with Gasteiger partial charge in [0.2, 0.25) is 5.91 Å². The standard InChI is InChI=1S/C19H24N4O4/c1-22(12-17-13-26-8-9-27-17)19(25)15-4-2-14(3-5-15)16-10-21-23(11-16)7-6-18(20)24/h2-5,10-11,17H,6-9,12-13H2,1H3,(H2,20,24)/t17-/m0/s1. The van der Waals surface area contributed by atoms with E-state index in [1.807, 2.05) is 18.3 Å². The Morgan fingerprint density at radius 2 is 2.04 bits per heavy atom. The molecule has 2 N–H and O–H groups in total. The molecule has 2 heterocycles. The lowest BCUT2D eigenvalue weighted by atomic mass is 10.1. The summed E-state index contributed by atoms with van der Waals surface area (Å²) in [7, 11) is 1.76. The average molecular weight is 372 g/mol. The number of primary amides is 1. The van der Waals surface area contributed by atoms with Crippen molar-refractivity contribution in [3.63, 3.8) is 0 Å². The van der Waals surface area contributed by atoms with Gasteiger partial charge in [0.15, 0.2) is 0 Å². The molecule has 0 spiro atoms. The monoisotopic (exact) mass is 372 g/mol. The highest BCUT2D eigenvalue weighted by Crippen LogP contribution is 2.20. The van der Waals surface area contributed by atoms with Crippen LogP contribution in [-0.4, -0.2) is 66.0 Å². The van der Waals surface area contributed by atoms with Crippen molar-refractivity contribution >= 4 is 11.8 Å². The lowest BCUT2D eigenvalue weighted by Crippen LogP contribution is -2.40. The molecule has 0 aliphatic carbocycles. The predicted molar refractivity (Wildman–Crippen MR) is 99.0 cm³/mol. The number of nitrogens with zero attached hydrogens (tertiary/aromatic N) is 3. The van der Waals surface area contributed by atoms with E-state index in [2.05, 4.69) is 5.10 Å². The van der Waals surface area contributed by atoms with Crippen LogP contribution in [0.3, 0.4) is 0 Å². The van der Waals surface area contributed by atoms with Crippen molar-refractivity contribution < 1.29 is 19.1 Å². The first-order valence-corrected chi connectivity index (χ1v) is 8.89. The van der Waals surface area contributed by atoms with Gasteiger partial charge in [0, 0.05) is 43.9 Å². The van der Waals surface area contributed by atoms with Gasteiger partial charge in [-0.05, 0) is 17.7 Å². The fraction of sp³-hybridized carbons (Fsp3) is 0.421. The molecular formula is C19H24N4O4. The van der Waals surface area contributed by atoms with Crippen molar-refractivity contribution in [3.05, 3.63) is 42.2 Å². The normalized spacial score (nSPS) is 16.9. The minimum Gasteiger partial charge on any atom is -0.376 e. The van der Waals surface area contributed by atoms with Crippen LogP contribution in [0.4, 0.5) is 0 Å². The molecule has 1 aromatic carbocycles. The van der Waals surface area contributed by atoms with Gasteiger partial charge in [-0.15, -0.1) is 0 Å². The van der Waals surface area contributed by atoms with Crippen molar-refractivity contribution in [2.45, 2.75) is 19.1 Å². The number of nitrogens with two attached hydrogens (primary N) is 1. The third-order valence-electron chi connectivity index (χ3n) is 4.39. The van der Waals surface area contributed by atoms with Gasteiger partial charge >= 0.3 is 0 Å². The van der Waals surface area contributed by atoms with Gasteiger partial charge in [0.05, 0.1) is 32.1 Å². The zero-order chi connectivity index (χ0) is 19.2. The molecule has 144 valence electrons. The fourth-order valence-electron chi connectivity index (χ4n) is 2.92. The number of carbonyl (C=O) groups excluding carboxylic acids is 2. The van der Waals surface area contributed by atoms with Crippen LogP contribution >= 0.6 is 0 Å². The van der Waals surface area contributed by atoms with Gasteiger partial charge in [-0.3, -0.25) is 14.3 Å². The second kappa shape index (κ2) is 8.79. The minimum absolute atomic E-state index is 0.0622. The molecule has 0 radical (unpaired) electrons. The van der Waals surface area contributed by atoms with E-state index in [0.717, 1.165) is 11.1 Å². The molecule has 1 atom stereocenters. The molecule has 1 aliphatic rings. The molecule has 1 aromatic heterocycles. The van der Waals surface area contributed by atoms with Crippen molar-refractivity contribution in [2.24, 2.45) is 5.73 Å². The quantitative estimate of drug-likeness (QED) is 0.779. The highest BCUT2D eigenvalue weighted by atomic mass is 16.6. The number of carbonyl (C=O) groups is 2. The van der Waals surface area contributed by atoms with Crippen LogP contribution in [0.2, 0.25) is 0 Å². The molecule has 0 unspecified atom stereocenters. The molecule has 1 fully saturated rings. The van der Waals surface area contributed by atoms with Crippen LogP contribution in [-0.2, 0) is 20.8 Å². The smallest absolute Gasteiger partial charge is 0.253 e. The number of amides is 2. The van der Waals surface area contributed by atoms with Crippen molar-refractivity contribution in [3.8, 4) is 11.1 Å². The zero-order valence-electron chi connectivity index (χ0n) is 15.3. The number of benzene rings is 1. The van der Waals surface area contributed by atoms with E-state index < -0.39 is 0 Å². The third kappa shape index (κ3) is 5.15. The summed E-state index contributed by atoms with van der Waals surface area (Å²) in [4.78, 5) is 25.1. The topological polar surface area (TPSA) is 99.7 Å². The van der Waals surface area contributed by atoms with E-state index in [4.69, 9.17) is 15.2 Å². The molecule has 1 aliphatic heterocycles. The number of rotatable bonds is 7. The highest BCUT2D eigenvalue weighted by Gasteiger charge is 2.20. The summed E-state index contributed by atoms with van der Waals surface area (Å²) in [5.74, 6) is -0.419. The summed E-state index contributed by atoms with van der Waals surface area (Å²) in [5, 5.41) is 4.22. The summed E-state index contributed by atoms with van der Waals surface area (Å²) in [6.45, 7) is 2.62. The Morgan fingerprint density at radius 3 is 2.70 bits per heavy atom. The Morgan fingerprint density at radius 1 is 1.26 bits per heavy atom. The maximum atomic E-state index is 12.6. The average Bonchev–Trinajstić information content (AvgIpc) is 3.16. The number of likely N-dealkylation sites (N-methyl/N-ethyl adjacent to an activating group) is 1. The molecule has 0 saturated carbocycles. The number of aromatic nitrogens is 2. The Balaban J connectivity index is 1.60. The van der Waals surface area contributed by atoms with E-state index in [9.17, 15) is 9.59 Å². The Bertz CT molecular complexity index is 781. The Hall–Kier alpha value is -2.71. The van der Waals surface area contributed by atoms with Crippen LogP contribution in [0.25, 0.3) is 11.1 Å². The van der Waals surface area contributed by atoms with Crippen molar-refractivity contribution in [1.82, 2.24) is 14.7 Å². The third-order valence-corrected chi connectivity index (χ3v) is 4.39. The Kier molecular flexibility index (Phi) is 6.20. The van der Waals surface area contributed by atoms with E-state index in [0.29, 0.717) is 38.5 Å². The molecule has 1 saturated heterocycles. The summed E-state index contributed by atoms with van der Waals surface area (Å²) in [6.07, 6.45) is 3.74. The second-order valence-corrected chi connectivity index (χ2v) is 6.54. The molecule has 27 heavy (non-hydrogen) atoms. The first kappa shape index (κ1) is 19.1. The SMILES string of the molecule is CN(C[C@H]1COCCO1)C(=O)c1ccc(-c2cnn(CCC(N)=O)c2)cc1. The van der Waals surface area contributed by atoms with E-state index in [1.54, 1.807) is 35.0 Å². The molecular weight excluding hydrogens is 348 g/mol. The maximum Gasteiger partial charge on any atom is 0.253 e. The molecule has 8 nitrogen and oxygen atoms in total. The highest BCUT2D eigenvalue weighted by molar-refractivity contribution is 5.94.